The number of alkyl halides is 2. The van der Waals surface area contributed by atoms with Crippen molar-refractivity contribution in [3.05, 3.63) is 0 Å². The van der Waals surface area contributed by atoms with Crippen LogP contribution in [0.1, 0.15) is 12.8 Å². The van der Waals surface area contributed by atoms with E-state index < -0.39 is 0 Å². The van der Waals surface area contributed by atoms with Crippen molar-refractivity contribution in [1.82, 2.24) is 0 Å². The van der Waals surface area contributed by atoms with Gasteiger partial charge in [0.15, 0.2) is 0 Å². The van der Waals surface area contributed by atoms with Gasteiger partial charge in [0.1, 0.15) is 4.11 Å². The average Bonchev–Trinajstić information content (AvgIpc) is 1.61. The molecule has 0 saturated heterocycles. The number of rotatable bonds is 3. The highest BCUT2D eigenvalue weighted by Crippen LogP contribution is 2.05. The van der Waals surface area contributed by atoms with E-state index in [4.69, 9.17) is 5.11 Å². The van der Waals surface area contributed by atoms with E-state index in [0.29, 0.717) is 0 Å². The molecule has 0 saturated carbocycles. The van der Waals surface area contributed by atoms with E-state index in [9.17, 15) is 0 Å². The second-order valence-corrected chi connectivity index (χ2v) is 3.78. The highest BCUT2D eigenvalue weighted by atomic mass is 127. The van der Waals surface area contributed by atoms with Crippen LogP contribution in [0.3, 0.4) is 0 Å². The molecule has 0 aliphatic carbocycles. The van der Waals surface area contributed by atoms with E-state index >= 15 is 0 Å². The Labute approximate surface area is 71.2 Å². The Hall–Kier alpha value is 1.42. The Morgan fingerprint density at radius 2 is 2.14 bits per heavy atom. The molecule has 0 aromatic rings. The van der Waals surface area contributed by atoms with Crippen molar-refractivity contribution in [1.29, 1.82) is 0 Å². The number of aliphatic hydroxyl groups excluding tert-OH is 1. The maximum Gasteiger partial charge on any atom is 0.105 e. The molecule has 0 bridgehead atoms. The molecule has 1 unspecified atom stereocenters. The smallest absolute Gasteiger partial charge is 0.105 e. The number of hydrogen-bond donors (Lipinski definition) is 1. The molecule has 1 atom stereocenters. The van der Waals surface area contributed by atoms with Gasteiger partial charge in [0.2, 0.25) is 0 Å². The first kappa shape index (κ1) is 8.42. The molecular formula is C4H8I2O. The van der Waals surface area contributed by atoms with E-state index in [2.05, 4.69) is 22.6 Å². The van der Waals surface area contributed by atoms with Gasteiger partial charge in [-0.2, -0.15) is 0 Å². The normalized spacial score (nSPS) is 14.1. The van der Waals surface area contributed by atoms with Gasteiger partial charge >= 0.3 is 0 Å². The van der Waals surface area contributed by atoms with Gasteiger partial charge in [-0.15, -0.1) is 0 Å². The Morgan fingerprint density at radius 3 is 2.29 bits per heavy atom. The summed E-state index contributed by atoms with van der Waals surface area (Å²) in [5.41, 5.74) is 0. The summed E-state index contributed by atoms with van der Waals surface area (Å²) in [4.78, 5) is 0. The summed E-state index contributed by atoms with van der Waals surface area (Å²) in [6.07, 6.45) is 2.06. The zero-order valence-electron chi connectivity index (χ0n) is 3.90. The van der Waals surface area contributed by atoms with E-state index in [0.717, 1.165) is 17.3 Å². The van der Waals surface area contributed by atoms with Crippen molar-refractivity contribution in [3.8, 4) is 0 Å². The largest absolute Gasteiger partial charge is 0.383 e. The second kappa shape index (κ2) is 5.55. The molecular weight excluding hydrogens is 318 g/mol. The molecule has 0 spiro atoms. The Bertz CT molecular complexity index is 38.7. The lowest BCUT2D eigenvalue weighted by Crippen LogP contribution is -1.93. The predicted molar refractivity (Wildman–Crippen MR) is 48.1 cm³/mol. The van der Waals surface area contributed by atoms with Crippen molar-refractivity contribution in [2.75, 3.05) is 4.43 Å². The lowest BCUT2D eigenvalue weighted by molar-refractivity contribution is 0.268. The van der Waals surface area contributed by atoms with Gasteiger partial charge in [0, 0.05) is 0 Å². The molecule has 0 fully saturated rings. The predicted octanol–water partition coefficient (Wildman–Crippen LogP) is 1.96. The molecule has 0 radical (unpaired) electrons. The van der Waals surface area contributed by atoms with Gasteiger partial charge in [-0.1, -0.05) is 45.2 Å². The standard InChI is InChI=1S/C4H8I2O/c5-3-1-2-4(6)7/h4,7H,1-3H2. The highest BCUT2D eigenvalue weighted by Gasteiger charge is 1.92. The first-order valence-electron chi connectivity index (χ1n) is 2.15. The topological polar surface area (TPSA) is 20.2 Å². The zero-order valence-corrected chi connectivity index (χ0v) is 8.22. The Balaban J connectivity index is 2.68. The molecule has 7 heavy (non-hydrogen) atoms. The third-order valence-electron chi connectivity index (χ3n) is 0.576. The summed E-state index contributed by atoms with van der Waals surface area (Å²) >= 11 is 4.32. The fourth-order valence-electron chi connectivity index (χ4n) is 0.246. The van der Waals surface area contributed by atoms with Crippen molar-refractivity contribution in [2.45, 2.75) is 17.0 Å². The molecule has 1 N–H and O–H groups in total. The lowest BCUT2D eigenvalue weighted by Gasteiger charge is -1.95. The molecule has 0 aromatic heterocycles. The van der Waals surface area contributed by atoms with Gasteiger partial charge in [0.05, 0.1) is 0 Å². The van der Waals surface area contributed by atoms with Gasteiger partial charge in [-0.25, -0.2) is 0 Å². The molecule has 1 nitrogen and oxygen atoms in total. The van der Waals surface area contributed by atoms with Gasteiger partial charge in [-0.3, -0.25) is 0 Å². The third kappa shape index (κ3) is 7.42. The van der Waals surface area contributed by atoms with Crippen molar-refractivity contribution < 1.29 is 5.11 Å². The fourth-order valence-corrected chi connectivity index (χ4v) is 1.13. The average molecular weight is 326 g/mol. The summed E-state index contributed by atoms with van der Waals surface area (Å²) in [5.74, 6) is 0. The van der Waals surface area contributed by atoms with Gasteiger partial charge in [-0.05, 0) is 17.3 Å². The molecule has 0 aromatic carbocycles. The summed E-state index contributed by atoms with van der Waals surface area (Å²) in [7, 11) is 0. The number of hydrogen-bond acceptors (Lipinski definition) is 1. The highest BCUT2D eigenvalue weighted by molar-refractivity contribution is 14.1. The molecule has 3 heteroatoms. The van der Waals surface area contributed by atoms with Crippen LogP contribution >= 0.6 is 45.2 Å². The molecule has 0 rings (SSSR count). The van der Waals surface area contributed by atoms with Gasteiger partial charge in [0.25, 0.3) is 0 Å². The van der Waals surface area contributed by atoms with E-state index in [1.165, 1.54) is 0 Å². The summed E-state index contributed by atoms with van der Waals surface area (Å²) in [6, 6.07) is 0. The lowest BCUT2D eigenvalue weighted by atomic mass is 10.4. The monoisotopic (exact) mass is 326 g/mol. The van der Waals surface area contributed by atoms with Crippen LogP contribution in [0.15, 0.2) is 0 Å². The van der Waals surface area contributed by atoms with Crippen molar-refractivity contribution in [2.24, 2.45) is 0 Å². The maximum absolute atomic E-state index is 8.67. The summed E-state index contributed by atoms with van der Waals surface area (Å²) in [6.45, 7) is 0. The van der Waals surface area contributed by atoms with E-state index in [-0.39, 0.29) is 4.11 Å². The quantitative estimate of drug-likeness (QED) is 0.621. The fraction of sp³-hybridized carbons (Fsp3) is 1.00. The van der Waals surface area contributed by atoms with Crippen LogP contribution in [-0.4, -0.2) is 13.6 Å². The molecule has 0 aliphatic heterocycles. The first-order chi connectivity index (χ1) is 3.27. The molecule has 0 aliphatic rings. The zero-order chi connectivity index (χ0) is 5.70. The van der Waals surface area contributed by atoms with Crippen LogP contribution < -0.4 is 0 Å². The minimum absolute atomic E-state index is 0.132. The Kier molecular flexibility index (Phi) is 6.68. The van der Waals surface area contributed by atoms with Crippen LogP contribution in [0.25, 0.3) is 0 Å². The third-order valence-corrected chi connectivity index (χ3v) is 1.96. The van der Waals surface area contributed by atoms with Crippen molar-refractivity contribution in [3.63, 3.8) is 0 Å². The SMILES string of the molecule is OC(I)CCCI. The molecule has 0 heterocycles. The van der Waals surface area contributed by atoms with Crippen molar-refractivity contribution >= 4 is 45.2 Å². The first-order valence-corrected chi connectivity index (χ1v) is 4.92. The Morgan fingerprint density at radius 1 is 1.57 bits per heavy atom. The van der Waals surface area contributed by atoms with Crippen LogP contribution in [0.4, 0.5) is 0 Å². The van der Waals surface area contributed by atoms with Crippen LogP contribution in [0.5, 0.6) is 0 Å². The van der Waals surface area contributed by atoms with Crippen LogP contribution in [0, 0.1) is 0 Å². The minimum atomic E-state index is -0.132. The number of aliphatic hydroxyl groups is 1. The van der Waals surface area contributed by atoms with Gasteiger partial charge < -0.3 is 5.11 Å². The maximum atomic E-state index is 8.67. The van der Waals surface area contributed by atoms with E-state index in [1.54, 1.807) is 0 Å². The van der Waals surface area contributed by atoms with Crippen LogP contribution in [0.2, 0.25) is 0 Å². The molecule has 0 amide bonds. The number of halogens is 2. The summed E-state index contributed by atoms with van der Waals surface area (Å²) in [5, 5.41) is 8.67. The minimum Gasteiger partial charge on any atom is -0.383 e. The second-order valence-electron chi connectivity index (χ2n) is 1.27. The summed E-state index contributed by atoms with van der Waals surface area (Å²) < 4.78 is 1.02. The molecule has 44 valence electrons. The van der Waals surface area contributed by atoms with E-state index in [1.807, 2.05) is 22.6 Å². The van der Waals surface area contributed by atoms with Crippen LogP contribution in [-0.2, 0) is 0 Å².